The van der Waals surface area contributed by atoms with Crippen molar-refractivity contribution < 1.29 is 19.3 Å². The first-order chi connectivity index (χ1) is 12.2. The predicted molar refractivity (Wildman–Crippen MR) is 94.4 cm³/mol. The molecule has 4 heterocycles. The van der Waals surface area contributed by atoms with Crippen LogP contribution in [0.15, 0.2) is 22.8 Å². The smallest absolute Gasteiger partial charge is 0.235 e. The molecule has 0 aliphatic carbocycles. The largest absolute Gasteiger partial charge is 0.492 e. The summed E-state index contributed by atoms with van der Waals surface area (Å²) in [5.74, 6) is 1.85. The Labute approximate surface area is 150 Å². The molecule has 0 radical (unpaired) electrons. The van der Waals surface area contributed by atoms with Gasteiger partial charge in [0.25, 0.3) is 0 Å². The second kappa shape index (κ2) is 6.78. The Bertz CT molecular complexity index is 833. The van der Waals surface area contributed by atoms with Gasteiger partial charge in [0.15, 0.2) is 17.6 Å². The van der Waals surface area contributed by atoms with E-state index >= 15 is 0 Å². The van der Waals surface area contributed by atoms with Gasteiger partial charge in [0.1, 0.15) is 31.1 Å². The average Bonchev–Trinajstić information content (AvgIpc) is 3.35. The lowest BCUT2D eigenvalue weighted by Crippen LogP contribution is -3.28. The molecule has 3 aromatic rings. The zero-order valence-corrected chi connectivity index (χ0v) is 15.5. The molecule has 1 saturated heterocycles. The third kappa shape index (κ3) is 2.94. The molecule has 1 aliphatic rings. The van der Waals surface area contributed by atoms with Crippen LogP contribution in [-0.2, 0) is 6.42 Å². The molecule has 4 rings (SSSR count). The normalized spacial score (nSPS) is 22.5. The molecule has 0 amide bonds. The number of quaternary nitrogens is 2. The van der Waals surface area contributed by atoms with Gasteiger partial charge in [-0.05, 0) is 19.1 Å². The quantitative estimate of drug-likeness (QED) is 0.574. The molecule has 1 atom stereocenters. The lowest BCUT2D eigenvalue weighted by atomic mass is 10.1. The van der Waals surface area contributed by atoms with E-state index in [0.29, 0.717) is 0 Å². The van der Waals surface area contributed by atoms with Crippen molar-refractivity contribution in [2.75, 3.05) is 32.7 Å². The molecule has 0 spiro atoms. The van der Waals surface area contributed by atoms with Gasteiger partial charge in [0.2, 0.25) is 10.8 Å². The van der Waals surface area contributed by atoms with Gasteiger partial charge in [-0.15, -0.1) is 5.10 Å². The highest BCUT2D eigenvalue weighted by atomic mass is 32.1. The SMILES string of the molecule is CCc1nc2sc([C@H](c3ccco3)[NH+]3CC[NH+](CC)CC3)c(O)n2n1. The number of fused-ring (bicyclic) bond motifs is 1. The molecule has 0 aromatic carbocycles. The highest BCUT2D eigenvalue weighted by molar-refractivity contribution is 7.17. The minimum atomic E-state index is -0.00742. The maximum Gasteiger partial charge on any atom is 0.235 e. The highest BCUT2D eigenvalue weighted by Gasteiger charge is 2.37. The number of hydrogen-bond donors (Lipinski definition) is 3. The molecule has 3 N–H and O–H groups in total. The van der Waals surface area contributed by atoms with Crippen LogP contribution in [0, 0.1) is 0 Å². The van der Waals surface area contributed by atoms with Crippen molar-refractivity contribution in [3.8, 4) is 5.88 Å². The first-order valence-corrected chi connectivity index (χ1v) is 9.81. The third-order valence-corrected chi connectivity index (χ3v) is 6.24. The van der Waals surface area contributed by atoms with Crippen LogP contribution >= 0.6 is 11.3 Å². The van der Waals surface area contributed by atoms with E-state index in [1.165, 1.54) is 22.8 Å². The summed E-state index contributed by atoms with van der Waals surface area (Å²) >= 11 is 1.52. The molecule has 0 bridgehead atoms. The summed E-state index contributed by atoms with van der Waals surface area (Å²) in [6.45, 7) is 9.82. The van der Waals surface area contributed by atoms with E-state index in [1.54, 1.807) is 15.7 Å². The van der Waals surface area contributed by atoms with Crippen molar-refractivity contribution in [1.82, 2.24) is 14.6 Å². The van der Waals surface area contributed by atoms with Crippen molar-refractivity contribution in [3.63, 3.8) is 0 Å². The first-order valence-electron chi connectivity index (χ1n) is 9.00. The number of hydrogen-bond acceptors (Lipinski definition) is 5. The molecular weight excluding hydrogens is 338 g/mol. The Hall–Kier alpha value is -1.90. The average molecular weight is 363 g/mol. The van der Waals surface area contributed by atoms with E-state index in [2.05, 4.69) is 17.0 Å². The molecule has 0 unspecified atom stereocenters. The van der Waals surface area contributed by atoms with Crippen LogP contribution < -0.4 is 9.80 Å². The van der Waals surface area contributed by atoms with E-state index in [4.69, 9.17) is 4.42 Å². The summed E-state index contributed by atoms with van der Waals surface area (Å²) in [4.78, 5) is 9.23. The fourth-order valence-electron chi connectivity index (χ4n) is 3.67. The van der Waals surface area contributed by atoms with Gasteiger partial charge in [-0.3, -0.25) is 0 Å². The fraction of sp³-hybridized carbons (Fsp3) is 0.529. The summed E-state index contributed by atoms with van der Waals surface area (Å²) < 4.78 is 7.32. The molecule has 1 fully saturated rings. The van der Waals surface area contributed by atoms with E-state index in [9.17, 15) is 5.11 Å². The summed E-state index contributed by atoms with van der Waals surface area (Å²) in [5, 5.41) is 15.2. The lowest BCUT2D eigenvalue weighted by molar-refractivity contribution is -1.02. The zero-order chi connectivity index (χ0) is 17.4. The molecule has 3 aromatic heterocycles. The van der Waals surface area contributed by atoms with Gasteiger partial charge in [0, 0.05) is 6.42 Å². The van der Waals surface area contributed by atoms with E-state index in [0.717, 1.165) is 54.0 Å². The predicted octanol–water partition coefficient (Wildman–Crippen LogP) is -0.455. The molecule has 0 saturated carbocycles. The van der Waals surface area contributed by atoms with Crippen LogP contribution in [0.4, 0.5) is 0 Å². The monoisotopic (exact) mass is 363 g/mol. The Morgan fingerprint density at radius 3 is 2.72 bits per heavy atom. The molecule has 134 valence electrons. The Balaban J connectivity index is 1.71. The zero-order valence-electron chi connectivity index (χ0n) is 14.7. The lowest BCUT2D eigenvalue weighted by Gasteiger charge is -2.32. The number of aromatic nitrogens is 3. The molecule has 7 nitrogen and oxygen atoms in total. The molecule has 25 heavy (non-hydrogen) atoms. The van der Waals surface area contributed by atoms with E-state index < -0.39 is 0 Å². The number of aromatic hydroxyl groups is 1. The number of nitrogens with one attached hydrogen (secondary N) is 2. The van der Waals surface area contributed by atoms with Gasteiger partial charge in [0.05, 0.1) is 12.8 Å². The molecular formula is C17H25N5O2S+2. The maximum atomic E-state index is 10.8. The maximum absolute atomic E-state index is 10.8. The minimum Gasteiger partial charge on any atom is -0.492 e. The number of piperazine rings is 1. The van der Waals surface area contributed by atoms with Crippen LogP contribution in [0.5, 0.6) is 5.88 Å². The van der Waals surface area contributed by atoms with Gasteiger partial charge in [-0.1, -0.05) is 18.3 Å². The topological polar surface area (TPSA) is 72.4 Å². The number of thiazole rings is 1. The van der Waals surface area contributed by atoms with Gasteiger partial charge in [-0.25, -0.2) is 4.98 Å². The summed E-state index contributed by atoms with van der Waals surface area (Å²) in [5.41, 5.74) is 0. The Morgan fingerprint density at radius 1 is 1.32 bits per heavy atom. The standard InChI is InChI=1S/C17H23N5O2S/c1-3-13-18-17-22(19-13)16(23)15(25-17)14(12-6-5-11-24-12)21-9-7-20(4-2)8-10-21/h5-6,11,14,23H,3-4,7-10H2,1-2H3/p+2/t14-/m0/s1. The molecule has 8 heteroatoms. The number of rotatable bonds is 5. The number of furan rings is 1. The van der Waals surface area contributed by atoms with Crippen molar-refractivity contribution in [1.29, 1.82) is 0 Å². The number of aryl methyl sites for hydroxylation is 1. The van der Waals surface area contributed by atoms with Crippen molar-refractivity contribution >= 4 is 16.3 Å². The van der Waals surface area contributed by atoms with E-state index in [-0.39, 0.29) is 11.9 Å². The van der Waals surface area contributed by atoms with Crippen molar-refractivity contribution in [2.24, 2.45) is 0 Å². The Kier molecular flexibility index (Phi) is 4.49. The van der Waals surface area contributed by atoms with Crippen LogP contribution in [0.1, 0.15) is 36.4 Å². The second-order valence-corrected chi connectivity index (χ2v) is 7.59. The van der Waals surface area contributed by atoms with Crippen molar-refractivity contribution in [2.45, 2.75) is 26.3 Å². The van der Waals surface area contributed by atoms with Gasteiger partial charge < -0.3 is 19.3 Å². The highest BCUT2D eigenvalue weighted by Crippen LogP contribution is 2.35. The van der Waals surface area contributed by atoms with Crippen LogP contribution in [0.2, 0.25) is 0 Å². The van der Waals surface area contributed by atoms with E-state index in [1.807, 2.05) is 19.1 Å². The summed E-state index contributed by atoms with van der Waals surface area (Å²) in [7, 11) is 0. The van der Waals surface area contributed by atoms with Crippen molar-refractivity contribution in [3.05, 3.63) is 34.9 Å². The Morgan fingerprint density at radius 2 is 2.12 bits per heavy atom. The number of nitrogens with zero attached hydrogens (tertiary/aromatic N) is 3. The molecule has 1 aliphatic heterocycles. The fourth-order valence-corrected chi connectivity index (χ4v) is 4.81. The number of likely N-dealkylation sites (N-methyl/N-ethyl adjacent to an activating group) is 1. The first kappa shape index (κ1) is 16.6. The summed E-state index contributed by atoms with van der Waals surface area (Å²) in [6, 6.07) is 3.91. The van der Waals surface area contributed by atoms with Crippen LogP contribution in [0.25, 0.3) is 4.96 Å². The van der Waals surface area contributed by atoms with Gasteiger partial charge in [-0.2, -0.15) is 4.52 Å². The second-order valence-electron chi connectivity index (χ2n) is 6.58. The third-order valence-electron chi connectivity index (χ3n) is 5.16. The summed E-state index contributed by atoms with van der Waals surface area (Å²) in [6.07, 6.45) is 2.47. The van der Waals surface area contributed by atoms with Crippen LogP contribution in [0.3, 0.4) is 0 Å². The van der Waals surface area contributed by atoms with Crippen LogP contribution in [-0.4, -0.2) is 52.4 Å². The minimum absolute atomic E-state index is 0.00742. The van der Waals surface area contributed by atoms with Gasteiger partial charge >= 0.3 is 0 Å².